The molecule has 0 saturated heterocycles. The minimum absolute atomic E-state index is 0. The lowest BCUT2D eigenvalue weighted by atomic mass is 10.3. The molecule has 1 heterocycles. The molecule has 1 aliphatic rings. The summed E-state index contributed by atoms with van der Waals surface area (Å²) in [6, 6.07) is 22.1. The zero-order valence-electron chi connectivity index (χ0n) is 14.4. The van der Waals surface area contributed by atoms with Crippen LogP contribution in [0.1, 0.15) is 19.8 Å². The number of halogens is 1. The summed E-state index contributed by atoms with van der Waals surface area (Å²) in [5.41, 5.74) is 0. The molecule has 2 nitrogen and oxygen atoms in total. The van der Waals surface area contributed by atoms with Crippen molar-refractivity contribution in [3.63, 3.8) is 0 Å². The molecule has 2 aromatic rings. The Morgan fingerprint density at radius 2 is 1.50 bits per heavy atom. The van der Waals surface area contributed by atoms with Crippen LogP contribution in [0, 0.1) is 0 Å². The van der Waals surface area contributed by atoms with E-state index in [1.54, 1.807) is 4.90 Å². The fraction of sp³-hybridized carbons (Fsp3) is 0.300. The van der Waals surface area contributed by atoms with Crippen molar-refractivity contribution in [2.45, 2.75) is 25.7 Å². The van der Waals surface area contributed by atoms with Gasteiger partial charge in [0, 0.05) is 15.0 Å². The summed E-state index contributed by atoms with van der Waals surface area (Å²) in [6.07, 6.45) is 7.14. The van der Waals surface area contributed by atoms with Gasteiger partial charge in [0.1, 0.15) is 6.20 Å². The lowest BCUT2D eigenvalue weighted by molar-refractivity contribution is -0.861. The highest BCUT2D eigenvalue weighted by Gasteiger charge is 2.37. The maximum Gasteiger partial charge on any atom is 0.192 e. The highest BCUT2D eigenvalue weighted by atomic mass is 35.5. The van der Waals surface area contributed by atoms with Crippen molar-refractivity contribution in [2.75, 3.05) is 13.6 Å². The van der Waals surface area contributed by atoms with Crippen molar-refractivity contribution in [3.05, 3.63) is 73.1 Å². The Morgan fingerprint density at radius 1 is 0.958 bits per heavy atom. The van der Waals surface area contributed by atoms with Crippen LogP contribution in [0.2, 0.25) is 0 Å². The number of nitrogens with zero attached hydrogens (tertiary/aromatic N) is 1. The van der Waals surface area contributed by atoms with Gasteiger partial charge in [-0.15, -0.1) is 0 Å². The molecule has 3 rings (SSSR count). The fourth-order valence-electron chi connectivity index (χ4n) is 3.19. The van der Waals surface area contributed by atoms with Crippen molar-refractivity contribution in [2.24, 2.45) is 0 Å². The number of hydrogen-bond donors (Lipinski definition) is 1. The number of quaternary nitrogens is 1. The molecule has 0 aromatic heterocycles. The highest BCUT2D eigenvalue weighted by molar-refractivity contribution is 7.73. The van der Waals surface area contributed by atoms with Gasteiger partial charge in [0.15, 0.2) is 5.91 Å². The predicted octanol–water partition coefficient (Wildman–Crippen LogP) is -0.491. The number of hydrogen-bond acceptors (Lipinski definition) is 1. The highest BCUT2D eigenvalue weighted by Crippen LogP contribution is 2.39. The molecule has 0 bridgehead atoms. The van der Waals surface area contributed by atoms with E-state index < -0.39 is 7.92 Å². The summed E-state index contributed by atoms with van der Waals surface area (Å²) >= 11 is 0. The predicted molar refractivity (Wildman–Crippen MR) is 101 cm³/mol. The van der Waals surface area contributed by atoms with Crippen LogP contribution >= 0.6 is 7.92 Å². The summed E-state index contributed by atoms with van der Waals surface area (Å²) < 4.78 is 0. The van der Waals surface area contributed by atoms with E-state index in [4.69, 9.17) is 0 Å². The first kappa shape index (κ1) is 19.0. The first-order chi connectivity index (χ1) is 11.3. The average Bonchev–Trinajstić information content (AvgIpc) is 2.96. The summed E-state index contributed by atoms with van der Waals surface area (Å²) in [7, 11) is 1.80. The van der Waals surface area contributed by atoms with E-state index in [-0.39, 0.29) is 12.4 Å². The molecule has 4 heteroatoms. The van der Waals surface area contributed by atoms with Gasteiger partial charge < -0.3 is 17.3 Å². The maximum absolute atomic E-state index is 2.41. The molecule has 24 heavy (non-hydrogen) atoms. The third-order valence-electron chi connectivity index (χ3n) is 4.37. The molecular formula is C20H26ClN2P. The van der Waals surface area contributed by atoms with E-state index in [1.165, 1.54) is 30.0 Å². The molecule has 2 aromatic carbocycles. The number of unbranched alkanes of at least 4 members (excludes halogenated alkanes) is 1. The second-order valence-corrected chi connectivity index (χ2v) is 8.34. The van der Waals surface area contributed by atoms with Gasteiger partial charge >= 0.3 is 0 Å². The van der Waals surface area contributed by atoms with Crippen LogP contribution < -0.4 is 27.9 Å². The van der Waals surface area contributed by atoms with Gasteiger partial charge in [-0.3, -0.25) is 4.90 Å². The van der Waals surface area contributed by atoms with Gasteiger partial charge in [-0.25, -0.2) is 0 Å². The van der Waals surface area contributed by atoms with Gasteiger partial charge in [-0.05, 0) is 17.0 Å². The molecule has 1 N–H and O–H groups in total. The lowest BCUT2D eigenvalue weighted by Crippen LogP contribution is -3.11. The van der Waals surface area contributed by atoms with Gasteiger partial charge in [0.05, 0.1) is 12.7 Å². The minimum atomic E-state index is -0.421. The summed E-state index contributed by atoms with van der Waals surface area (Å²) in [4.78, 5) is 4.00. The molecule has 128 valence electrons. The van der Waals surface area contributed by atoms with Crippen LogP contribution in [0.3, 0.4) is 0 Å². The van der Waals surface area contributed by atoms with E-state index in [9.17, 15) is 0 Å². The first-order valence-corrected chi connectivity index (χ1v) is 9.87. The maximum atomic E-state index is 2.41. The van der Waals surface area contributed by atoms with E-state index in [2.05, 4.69) is 91.9 Å². The summed E-state index contributed by atoms with van der Waals surface area (Å²) in [5, 5.41) is 2.92. The van der Waals surface area contributed by atoms with Crippen molar-refractivity contribution in [3.8, 4) is 0 Å². The molecular weight excluding hydrogens is 335 g/mol. The van der Waals surface area contributed by atoms with Crippen molar-refractivity contribution in [1.82, 2.24) is 4.90 Å². The SMILES string of the molecule is CCCC[NH+]1C=CN(C)C1P(c1ccccc1)c1ccccc1.[Cl-]. The Hall–Kier alpha value is -1.34. The fourth-order valence-corrected chi connectivity index (χ4v) is 6.03. The summed E-state index contributed by atoms with van der Waals surface area (Å²) in [6.45, 7) is 3.48. The van der Waals surface area contributed by atoms with Crippen molar-refractivity contribution < 1.29 is 17.3 Å². The van der Waals surface area contributed by atoms with Crippen LogP contribution in [0.15, 0.2) is 73.1 Å². The first-order valence-electron chi connectivity index (χ1n) is 8.46. The standard InChI is InChI=1S/C20H25N2P.ClH/c1-3-4-15-22-17-16-21(2)20(22)23(18-11-7-5-8-12-18)19-13-9-6-10-14-19;/h5-14,16-17,20H,3-4,15H2,1-2H3;1H. The summed E-state index contributed by atoms with van der Waals surface area (Å²) in [5.74, 6) is 0.487. The molecule has 0 fully saturated rings. The topological polar surface area (TPSA) is 7.68 Å². The van der Waals surface area contributed by atoms with Gasteiger partial charge in [0.2, 0.25) is 0 Å². The Balaban J connectivity index is 0.00000208. The minimum Gasteiger partial charge on any atom is -1.00 e. The van der Waals surface area contributed by atoms with Crippen molar-refractivity contribution >= 4 is 18.5 Å². The van der Waals surface area contributed by atoms with Gasteiger partial charge in [0.25, 0.3) is 0 Å². The Labute approximate surface area is 153 Å². The van der Waals surface area contributed by atoms with Crippen molar-refractivity contribution in [1.29, 1.82) is 0 Å². The quantitative estimate of drug-likeness (QED) is 0.683. The molecule has 0 saturated carbocycles. The van der Waals surface area contributed by atoms with Crippen LogP contribution in [0.25, 0.3) is 0 Å². The number of nitrogens with one attached hydrogen (secondary N) is 1. The Bertz CT molecular complexity index is 593. The van der Waals surface area contributed by atoms with E-state index in [0.717, 1.165) is 0 Å². The normalized spacial score (nSPS) is 19.5. The molecule has 0 aliphatic carbocycles. The Kier molecular flexibility index (Phi) is 7.30. The van der Waals surface area contributed by atoms with Crippen LogP contribution in [-0.2, 0) is 0 Å². The lowest BCUT2D eigenvalue weighted by Gasteiger charge is -2.33. The van der Waals surface area contributed by atoms with Crippen LogP contribution in [0.5, 0.6) is 0 Å². The average molecular weight is 361 g/mol. The zero-order valence-corrected chi connectivity index (χ0v) is 16.0. The molecule has 2 atom stereocenters. The van der Waals surface area contributed by atoms with E-state index in [0.29, 0.717) is 5.91 Å². The molecule has 1 aliphatic heterocycles. The van der Waals surface area contributed by atoms with Gasteiger partial charge in [-0.1, -0.05) is 74.0 Å². The van der Waals surface area contributed by atoms with Crippen LogP contribution in [-0.4, -0.2) is 24.4 Å². The number of benzene rings is 2. The largest absolute Gasteiger partial charge is 1.00 e. The zero-order chi connectivity index (χ0) is 16.1. The monoisotopic (exact) mass is 360 g/mol. The third-order valence-corrected chi connectivity index (χ3v) is 7.27. The molecule has 0 spiro atoms. The van der Waals surface area contributed by atoms with Gasteiger partial charge in [-0.2, -0.15) is 0 Å². The van der Waals surface area contributed by atoms with Crippen LogP contribution in [0.4, 0.5) is 0 Å². The third kappa shape index (κ3) is 4.19. The Morgan fingerprint density at radius 3 is 2.00 bits per heavy atom. The second-order valence-electron chi connectivity index (χ2n) is 6.07. The number of rotatable bonds is 6. The smallest absolute Gasteiger partial charge is 0.192 e. The molecule has 0 amide bonds. The van der Waals surface area contributed by atoms with E-state index in [1.807, 2.05) is 0 Å². The van der Waals surface area contributed by atoms with E-state index >= 15 is 0 Å². The second kappa shape index (κ2) is 9.22. The molecule has 0 radical (unpaired) electrons. The molecule has 2 unspecified atom stereocenters.